The highest BCUT2D eigenvalue weighted by molar-refractivity contribution is 5.78. The third kappa shape index (κ3) is 4.96. The molecule has 1 unspecified atom stereocenters. The van der Waals surface area contributed by atoms with Crippen molar-refractivity contribution in [2.45, 2.75) is 19.4 Å². The number of hydrogen-bond acceptors (Lipinski definition) is 3. The summed E-state index contributed by atoms with van der Waals surface area (Å²) in [5.74, 6) is -0.334. The lowest BCUT2D eigenvalue weighted by Crippen LogP contribution is -2.39. The van der Waals surface area contributed by atoms with E-state index in [2.05, 4.69) is 5.32 Å². The van der Waals surface area contributed by atoms with Gasteiger partial charge in [-0.15, -0.1) is 0 Å². The van der Waals surface area contributed by atoms with Crippen molar-refractivity contribution in [3.63, 3.8) is 0 Å². The minimum absolute atomic E-state index is 0.0424. The van der Waals surface area contributed by atoms with Crippen LogP contribution in [0.2, 0.25) is 0 Å². The summed E-state index contributed by atoms with van der Waals surface area (Å²) < 4.78 is 13.2. The highest BCUT2D eigenvalue weighted by atomic mass is 19.1. The van der Waals surface area contributed by atoms with Gasteiger partial charge < -0.3 is 11.1 Å². The van der Waals surface area contributed by atoms with Crippen LogP contribution in [-0.2, 0) is 4.79 Å². The highest BCUT2D eigenvalue weighted by Crippen LogP contribution is 2.18. The Balaban J connectivity index is 2.66. The van der Waals surface area contributed by atoms with E-state index in [0.29, 0.717) is 13.1 Å². The first-order valence-electron chi connectivity index (χ1n) is 6.51. The first-order valence-corrected chi connectivity index (χ1v) is 6.51. The maximum atomic E-state index is 13.2. The number of amides is 1. The van der Waals surface area contributed by atoms with E-state index in [-0.39, 0.29) is 24.3 Å². The van der Waals surface area contributed by atoms with Crippen LogP contribution in [0.4, 0.5) is 4.39 Å². The van der Waals surface area contributed by atoms with Crippen molar-refractivity contribution in [2.24, 2.45) is 5.73 Å². The van der Waals surface area contributed by atoms with Crippen molar-refractivity contribution in [2.75, 3.05) is 26.7 Å². The van der Waals surface area contributed by atoms with Crippen molar-refractivity contribution in [3.05, 3.63) is 35.6 Å². The lowest BCUT2D eigenvalue weighted by Gasteiger charge is -2.26. The van der Waals surface area contributed by atoms with E-state index >= 15 is 0 Å². The van der Waals surface area contributed by atoms with E-state index < -0.39 is 0 Å². The molecule has 0 aromatic heterocycles. The van der Waals surface area contributed by atoms with Gasteiger partial charge in [-0.05, 0) is 31.2 Å². The zero-order valence-electron chi connectivity index (χ0n) is 11.5. The lowest BCUT2D eigenvalue weighted by molar-refractivity contribution is -0.122. The van der Waals surface area contributed by atoms with Crippen molar-refractivity contribution in [3.8, 4) is 0 Å². The number of nitrogens with one attached hydrogen (secondary N) is 1. The van der Waals surface area contributed by atoms with Crippen LogP contribution < -0.4 is 11.1 Å². The van der Waals surface area contributed by atoms with E-state index in [1.807, 2.05) is 24.9 Å². The number of halogens is 1. The molecule has 0 saturated heterocycles. The van der Waals surface area contributed by atoms with Gasteiger partial charge in [0.05, 0.1) is 6.54 Å². The van der Waals surface area contributed by atoms with Crippen molar-refractivity contribution >= 4 is 5.91 Å². The quantitative estimate of drug-likeness (QED) is 0.782. The molecule has 106 valence electrons. The molecule has 0 aliphatic carbocycles. The largest absolute Gasteiger partial charge is 0.355 e. The minimum Gasteiger partial charge on any atom is -0.355 e. The molecule has 1 aromatic carbocycles. The molecule has 1 rings (SSSR count). The van der Waals surface area contributed by atoms with Crippen LogP contribution in [0, 0.1) is 5.82 Å². The molecule has 0 heterocycles. The third-order valence-corrected chi connectivity index (χ3v) is 2.95. The number of hydrogen-bond donors (Lipinski definition) is 2. The van der Waals surface area contributed by atoms with Gasteiger partial charge in [-0.2, -0.15) is 0 Å². The Bertz CT molecular complexity index is 411. The molecule has 1 amide bonds. The van der Waals surface area contributed by atoms with Crippen molar-refractivity contribution in [1.82, 2.24) is 10.2 Å². The molecule has 0 spiro atoms. The van der Waals surface area contributed by atoms with Crippen LogP contribution in [0.25, 0.3) is 0 Å². The van der Waals surface area contributed by atoms with Crippen molar-refractivity contribution < 1.29 is 9.18 Å². The Morgan fingerprint density at radius 3 is 2.84 bits per heavy atom. The fraction of sp³-hybridized carbons (Fsp3) is 0.500. The summed E-state index contributed by atoms with van der Waals surface area (Å²) >= 11 is 0. The zero-order valence-corrected chi connectivity index (χ0v) is 11.5. The molecular weight excluding hydrogens is 245 g/mol. The van der Waals surface area contributed by atoms with Gasteiger partial charge in [0.2, 0.25) is 5.91 Å². The Hall–Kier alpha value is -1.46. The fourth-order valence-electron chi connectivity index (χ4n) is 1.94. The van der Waals surface area contributed by atoms with Gasteiger partial charge in [0.1, 0.15) is 5.82 Å². The zero-order chi connectivity index (χ0) is 14.3. The van der Waals surface area contributed by atoms with E-state index in [1.54, 1.807) is 6.07 Å². The van der Waals surface area contributed by atoms with Gasteiger partial charge in [0, 0.05) is 19.1 Å². The summed E-state index contributed by atoms with van der Waals surface area (Å²) in [4.78, 5) is 13.5. The van der Waals surface area contributed by atoms with Gasteiger partial charge >= 0.3 is 0 Å². The average Bonchev–Trinajstić information content (AvgIpc) is 2.37. The number of likely N-dealkylation sites (N-methyl/N-ethyl adjacent to an activating group) is 1. The van der Waals surface area contributed by atoms with Crippen LogP contribution >= 0.6 is 0 Å². The lowest BCUT2D eigenvalue weighted by atomic mass is 10.1. The van der Waals surface area contributed by atoms with Crippen LogP contribution in [0.15, 0.2) is 24.3 Å². The average molecular weight is 267 g/mol. The monoisotopic (exact) mass is 267 g/mol. The molecule has 0 bridgehead atoms. The number of rotatable bonds is 7. The highest BCUT2D eigenvalue weighted by Gasteiger charge is 2.18. The van der Waals surface area contributed by atoms with E-state index in [4.69, 9.17) is 5.73 Å². The number of carbonyl (C=O) groups excluding carboxylic acids is 1. The molecule has 0 aliphatic heterocycles. The van der Waals surface area contributed by atoms with Crippen LogP contribution in [0.1, 0.15) is 24.9 Å². The second-order valence-electron chi connectivity index (χ2n) is 4.57. The number of benzene rings is 1. The van der Waals surface area contributed by atoms with Crippen LogP contribution in [0.5, 0.6) is 0 Å². The van der Waals surface area contributed by atoms with E-state index in [1.165, 1.54) is 12.1 Å². The fourth-order valence-corrected chi connectivity index (χ4v) is 1.94. The number of carbonyl (C=O) groups is 1. The Morgan fingerprint density at radius 2 is 2.26 bits per heavy atom. The van der Waals surface area contributed by atoms with Crippen LogP contribution in [-0.4, -0.2) is 37.5 Å². The van der Waals surface area contributed by atoms with E-state index in [9.17, 15) is 9.18 Å². The first-order chi connectivity index (χ1) is 9.08. The molecule has 0 fully saturated rings. The topological polar surface area (TPSA) is 58.4 Å². The normalized spacial score (nSPS) is 12.5. The summed E-state index contributed by atoms with van der Waals surface area (Å²) in [5, 5.41) is 2.81. The molecule has 0 radical (unpaired) electrons. The van der Waals surface area contributed by atoms with Crippen LogP contribution in [0.3, 0.4) is 0 Å². The predicted octanol–water partition coefficient (Wildman–Crippen LogP) is 1.28. The molecular formula is C14H22FN3O. The second kappa shape index (κ2) is 7.86. The number of nitrogens with two attached hydrogens (primary N) is 1. The summed E-state index contributed by atoms with van der Waals surface area (Å²) in [6, 6.07) is 6.16. The minimum atomic E-state index is -0.292. The number of nitrogens with zero attached hydrogens (tertiary/aromatic N) is 1. The van der Waals surface area contributed by atoms with Gasteiger partial charge in [-0.25, -0.2) is 4.39 Å². The SMILES string of the molecule is CCCNC(=O)CN(C)C(CN)c1cccc(F)c1. The Kier molecular flexibility index (Phi) is 6.45. The van der Waals surface area contributed by atoms with Gasteiger partial charge in [0.25, 0.3) is 0 Å². The molecule has 3 N–H and O–H groups in total. The van der Waals surface area contributed by atoms with Gasteiger partial charge in [0.15, 0.2) is 0 Å². The molecule has 19 heavy (non-hydrogen) atoms. The van der Waals surface area contributed by atoms with Gasteiger partial charge in [-0.3, -0.25) is 9.69 Å². The second-order valence-corrected chi connectivity index (χ2v) is 4.57. The molecule has 1 aromatic rings. The molecule has 1 atom stereocenters. The molecule has 0 saturated carbocycles. The maximum absolute atomic E-state index is 13.2. The predicted molar refractivity (Wildman–Crippen MR) is 74.1 cm³/mol. The molecule has 5 heteroatoms. The maximum Gasteiger partial charge on any atom is 0.234 e. The third-order valence-electron chi connectivity index (χ3n) is 2.95. The Morgan fingerprint density at radius 1 is 1.53 bits per heavy atom. The van der Waals surface area contributed by atoms with Gasteiger partial charge in [-0.1, -0.05) is 19.1 Å². The smallest absolute Gasteiger partial charge is 0.234 e. The summed E-state index contributed by atoms with van der Waals surface area (Å²) in [6.45, 7) is 3.25. The standard InChI is InChI=1S/C14H22FN3O/c1-3-7-17-14(19)10-18(2)13(9-16)11-5-4-6-12(15)8-11/h4-6,8,13H,3,7,9-10,16H2,1-2H3,(H,17,19). The Labute approximate surface area is 113 Å². The molecule has 4 nitrogen and oxygen atoms in total. The van der Waals surface area contributed by atoms with E-state index in [0.717, 1.165) is 12.0 Å². The molecule has 0 aliphatic rings. The summed E-state index contributed by atoms with van der Waals surface area (Å²) in [7, 11) is 1.81. The van der Waals surface area contributed by atoms with Crippen molar-refractivity contribution in [1.29, 1.82) is 0 Å². The summed E-state index contributed by atoms with van der Waals surface area (Å²) in [6.07, 6.45) is 0.902. The summed E-state index contributed by atoms with van der Waals surface area (Å²) in [5.41, 5.74) is 6.52. The first kappa shape index (κ1) is 15.6.